The second kappa shape index (κ2) is 7.84. The fourth-order valence-electron chi connectivity index (χ4n) is 1.98. The van der Waals surface area contributed by atoms with Crippen molar-refractivity contribution in [3.05, 3.63) is 28.2 Å². The first-order valence-corrected chi connectivity index (χ1v) is 8.49. The van der Waals surface area contributed by atoms with Crippen LogP contribution in [-0.2, 0) is 9.59 Å². The molecule has 0 heterocycles. The van der Waals surface area contributed by atoms with Crippen molar-refractivity contribution >= 4 is 39.6 Å². The third-order valence-corrected chi connectivity index (χ3v) is 4.80. The van der Waals surface area contributed by atoms with Crippen LogP contribution in [0.15, 0.2) is 27.6 Å². The summed E-state index contributed by atoms with van der Waals surface area (Å²) in [4.78, 5) is 24.3. The Morgan fingerprint density at radius 3 is 2.62 bits per heavy atom. The van der Waals surface area contributed by atoms with Gasteiger partial charge >= 0.3 is 5.97 Å². The number of carbonyl (C=O) groups excluding carboxylic acids is 1. The van der Waals surface area contributed by atoms with E-state index >= 15 is 0 Å². The van der Waals surface area contributed by atoms with Gasteiger partial charge in [-0.1, -0.05) is 29.3 Å². The van der Waals surface area contributed by atoms with Crippen LogP contribution in [0.25, 0.3) is 0 Å². The van der Waals surface area contributed by atoms with Crippen molar-refractivity contribution in [2.75, 3.05) is 5.75 Å². The first-order chi connectivity index (χ1) is 9.78. The largest absolute Gasteiger partial charge is 0.480 e. The number of carboxylic acids is 1. The Kier molecular flexibility index (Phi) is 6.74. The maximum absolute atomic E-state index is 12.0. The van der Waals surface area contributed by atoms with E-state index in [4.69, 9.17) is 0 Å². The number of rotatable bonds is 7. The first kappa shape index (κ1) is 18.0. The maximum atomic E-state index is 12.0. The minimum atomic E-state index is -1.19. The Morgan fingerprint density at radius 2 is 2.10 bits per heavy atom. The molecule has 1 rings (SSSR count). The molecule has 1 amide bonds. The van der Waals surface area contributed by atoms with Crippen LogP contribution in [0, 0.1) is 6.92 Å². The zero-order valence-corrected chi connectivity index (χ0v) is 14.8. The highest BCUT2D eigenvalue weighted by Crippen LogP contribution is 2.25. The second-order valence-corrected chi connectivity index (χ2v) is 7.07. The lowest BCUT2D eigenvalue weighted by Crippen LogP contribution is -2.52. The highest BCUT2D eigenvalue weighted by molar-refractivity contribution is 9.10. The monoisotopic (exact) mass is 373 g/mol. The fraction of sp³-hybridized carbons (Fsp3) is 0.467. The normalized spacial score (nSPS) is 13.5. The molecule has 1 unspecified atom stereocenters. The molecule has 0 aliphatic rings. The summed E-state index contributed by atoms with van der Waals surface area (Å²) in [6.07, 6.45) is 1.11. The number of amides is 1. The van der Waals surface area contributed by atoms with Gasteiger partial charge in [-0.15, -0.1) is 11.8 Å². The van der Waals surface area contributed by atoms with Gasteiger partial charge in [-0.25, -0.2) is 4.79 Å². The quantitative estimate of drug-likeness (QED) is 0.716. The number of hydrogen-bond donors (Lipinski definition) is 2. The van der Waals surface area contributed by atoms with Crippen molar-refractivity contribution in [1.29, 1.82) is 0 Å². The minimum Gasteiger partial charge on any atom is -0.480 e. The molecule has 0 radical (unpaired) electrons. The number of hydrogen-bond acceptors (Lipinski definition) is 3. The number of thioether (sulfide) groups is 1. The van der Waals surface area contributed by atoms with Crippen LogP contribution in [-0.4, -0.2) is 28.3 Å². The van der Waals surface area contributed by atoms with Gasteiger partial charge in [-0.05, 0) is 44.0 Å². The van der Waals surface area contributed by atoms with Gasteiger partial charge in [0.2, 0.25) is 5.91 Å². The standard InChI is InChI=1S/C15H20BrNO3S/c1-4-7-15(3,14(19)20)17-13(18)9-21-12-6-5-11(16)8-10(12)2/h5-6,8H,4,7,9H2,1-3H3,(H,17,18)(H,19,20). The number of nitrogens with one attached hydrogen (secondary N) is 1. The number of aliphatic carboxylic acids is 1. The highest BCUT2D eigenvalue weighted by atomic mass is 79.9. The molecule has 0 bridgehead atoms. The summed E-state index contributed by atoms with van der Waals surface area (Å²) < 4.78 is 0.996. The average Bonchev–Trinajstić information content (AvgIpc) is 2.37. The van der Waals surface area contributed by atoms with Crippen LogP contribution in [0.1, 0.15) is 32.3 Å². The van der Waals surface area contributed by atoms with Crippen molar-refractivity contribution < 1.29 is 14.7 Å². The second-order valence-electron chi connectivity index (χ2n) is 5.13. The molecule has 0 aliphatic heterocycles. The van der Waals surface area contributed by atoms with Crippen molar-refractivity contribution in [3.63, 3.8) is 0 Å². The molecule has 116 valence electrons. The fourth-order valence-corrected chi connectivity index (χ4v) is 3.27. The van der Waals surface area contributed by atoms with E-state index in [-0.39, 0.29) is 11.7 Å². The van der Waals surface area contributed by atoms with Crippen LogP contribution < -0.4 is 5.32 Å². The van der Waals surface area contributed by atoms with E-state index in [0.29, 0.717) is 12.8 Å². The van der Waals surface area contributed by atoms with E-state index in [0.717, 1.165) is 14.9 Å². The summed E-state index contributed by atoms with van der Waals surface area (Å²) in [5.41, 5.74) is -0.113. The number of halogens is 1. The Labute approximate surface area is 137 Å². The van der Waals surface area contributed by atoms with E-state index < -0.39 is 11.5 Å². The van der Waals surface area contributed by atoms with Gasteiger partial charge in [0.25, 0.3) is 0 Å². The Morgan fingerprint density at radius 1 is 1.43 bits per heavy atom. The molecule has 1 aromatic rings. The maximum Gasteiger partial charge on any atom is 0.329 e. The van der Waals surface area contributed by atoms with Crippen LogP contribution >= 0.6 is 27.7 Å². The highest BCUT2D eigenvalue weighted by Gasteiger charge is 2.33. The number of aryl methyl sites for hydroxylation is 1. The molecule has 6 heteroatoms. The van der Waals surface area contributed by atoms with Gasteiger partial charge in [0.1, 0.15) is 5.54 Å². The zero-order chi connectivity index (χ0) is 16.0. The van der Waals surface area contributed by atoms with Gasteiger partial charge in [0.05, 0.1) is 5.75 Å². The summed E-state index contributed by atoms with van der Waals surface area (Å²) in [5.74, 6) is -1.06. The number of carbonyl (C=O) groups is 2. The average molecular weight is 374 g/mol. The predicted octanol–water partition coefficient (Wildman–Crippen LogP) is 3.61. The molecule has 0 saturated carbocycles. The first-order valence-electron chi connectivity index (χ1n) is 6.72. The van der Waals surface area contributed by atoms with Crippen LogP contribution in [0.4, 0.5) is 0 Å². The van der Waals surface area contributed by atoms with Crippen molar-refractivity contribution in [3.8, 4) is 0 Å². The summed E-state index contributed by atoms with van der Waals surface area (Å²) in [7, 11) is 0. The van der Waals surface area contributed by atoms with E-state index in [1.807, 2.05) is 32.0 Å². The van der Waals surface area contributed by atoms with Gasteiger partial charge in [0, 0.05) is 9.37 Å². The molecule has 0 aliphatic carbocycles. The lowest BCUT2D eigenvalue weighted by Gasteiger charge is -2.25. The smallest absolute Gasteiger partial charge is 0.329 e. The van der Waals surface area contributed by atoms with Crippen molar-refractivity contribution in [1.82, 2.24) is 5.32 Å². The van der Waals surface area contributed by atoms with Crippen LogP contribution in [0.5, 0.6) is 0 Å². The van der Waals surface area contributed by atoms with E-state index in [1.54, 1.807) is 6.92 Å². The summed E-state index contributed by atoms with van der Waals surface area (Å²) in [6, 6.07) is 5.85. The van der Waals surface area contributed by atoms with Gasteiger partial charge < -0.3 is 10.4 Å². The minimum absolute atomic E-state index is 0.203. The molecular formula is C15H20BrNO3S. The van der Waals surface area contributed by atoms with Crippen molar-refractivity contribution in [2.45, 2.75) is 44.0 Å². The molecule has 2 N–H and O–H groups in total. The molecule has 1 atom stereocenters. The Balaban J connectivity index is 2.63. The molecule has 1 aromatic carbocycles. The lowest BCUT2D eigenvalue weighted by atomic mass is 9.96. The lowest BCUT2D eigenvalue weighted by molar-refractivity contribution is -0.146. The molecule has 0 spiro atoms. The molecule has 0 fully saturated rings. The van der Waals surface area contributed by atoms with E-state index in [1.165, 1.54) is 11.8 Å². The SMILES string of the molecule is CCCC(C)(NC(=O)CSc1ccc(Br)cc1C)C(=O)O. The molecular weight excluding hydrogens is 354 g/mol. The van der Waals surface area contributed by atoms with Crippen LogP contribution in [0.3, 0.4) is 0 Å². The zero-order valence-electron chi connectivity index (χ0n) is 12.4. The summed E-state index contributed by atoms with van der Waals surface area (Å²) >= 11 is 4.80. The third-order valence-electron chi connectivity index (χ3n) is 3.13. The predicted molar refractivity (Wildman–Crippen MR) is 88.7 cm³/mol. The third kappa shape index (κ3) is 5.36. The molecule has 0 aromatic heterocycles. The van der Waals surface area contributed by atoms with Crippen LogP contribution in [0.2, 0.25) is 0 Å². The number of benzene rings is 1. The Hall–Kier alpha value is -1.01. The van der Waals surface area contributed by atoms with Gasteiger partial charge in [-0.2, -0.15) is 0 Å². The van der Waals surface area contributed by atoms with Gasteiger partial charge in [0.15, 0.2) is 0 Å². The molecule has 21 heavy (non-hydrogen) atoms. The summed E-state index contributed by atoms with van der Waals surface area (Å²) in [5, 5.41) is 11.9. The van der Waals surface area contributed by atoms with Crippen molar-refractivity contribution in [2.24, 2.45) is 0 Å². The van der Waals surface area contributed by atoms with E-state index in [9.17, 15) is 14.7 Å². The van der Waals surface area contributed by atoms with Gasteiger partial charge in [-0.3, -0.25) is 4.79 Å². The topological polar surface area (TPSA) is 66.4 Å². The molecule has 4 nitrogen and oxygen atoms in total. The number of carboxylic acid groups (broad SMARTS) is 1. The molecule has 0 saturated heterocycles. The Bertz CT molecular complexity index is 536. The summed E-state index contributed by atoms with van der Waals surface area (Å²) in [6.45, 7) is 5.42. The van der Waals surface area contributed by atoms with E-state index in [2.05, 4.69) is 21.2 Å².